The lowest BCUT2D eigenvalue weighted by atomic mass is 10.1. The first-order valence-electron chi connectivity index (χ1n) is 5.02. The molecule has 0 bridgehead atoms. The zero-order chi connectivity index (χ0) is 12.8. The van der Waals surface area contributed by atoms with Crippen LogP contribution in [0.15, 0.2) is 18.2 Å². The third-order valence-corrected chi connectivity index (χ3v) is 2.08. The highest BCUT2D eigenvalue weighted by atomic mass is 16.4. The number of aromatic hydroxyl groups is 2. The fraction of sp³-hybridized carbons (Fsp3) is 0.273. The minimum atomic E-state index is -0.931. The molecule has 0 unspecified atom stereocenters. The number of carbonyl (C=O) groups excluding carboxylic acids is 1. The third kappa shape index (κ3) is 4.02. The van der Waals surface area contributed by atoms with E-state index in [2.05, 4.69) is 5.32 Å². The van der Waals surface area contributed by atoms with Gasteiger partial charge in [0.2, 0.25) is 0 Å². The van der Waals surface area contributed by atoms with Gasteiger partial charge in [0, 0.05) is 13.0 Å². The minimum absolute atomic E-state index is 0.0354. The Labute approximate surface area is 97.5 Å². The molecule has 0 fully saturated rings. The highest BCUT2D eigenvalue weighted by molar-refractivity contribution is 5.97. The van der Waals surface area contributed by atoms with E-state index >= 15 is 0 Å². The Bertz CT molecular complexity index is 430. The molecule has 4 N–H and O–H groups in total. The molecule has 6 nitrogen and oxygen atoms in total. The van der Waals surface area contributed by atoms with Gasteiger partial charge in [-0.15, -0.1) is 0 Å². The van der Waals surface area contributed by atoms with E-state index in [1.165, 1.54) is 12.1 Å². The Morgan fingerprint density at radius 3 is 2.59 bits per heavy atom. The number of carboxylic acids is 1. The Kier molecular flexibility index (Phi) is 4.33. The summed E-state index contributed by atoms with van der Waals surface area (Å²) in [7, 11) is 0. The van der Waals surface area contributed by atoms with Gasteiger partial charge in [-0.05, 0) is 24.6 Å². The van der Waals surface area contributed by atoms with Crippen LogP contribution in [-0.4, -0.2) is 33.7 Å². The number of phenolic OH excluding ortho intramolecular Hbond substituents is 2. The molecule has 1 aromatic rings. The third-order valence-electron chi connectivity index (χ3n) is 2.08. The Hall–Kier alpha value is -2.24. The lowest BCUT2D eigenvalue weighted by Crippen LogP contribution is -2.24. The molecular weight excluding hydrogens is 226 g/mol. The molecule has 0 saturated carbocycles. The van der Waals surface area contributed by atoms with Gasteiger partial charge < -0.3 is 20.6 Å². The molecule has 0 saturated heterocycles. The van der Waals surface area contributed by atoms with Crippen molar-refractivity contribution in [2.45, 2.75) is 12.8 Å². The Morgan fingerprint density at radius 2 is 1.94 bits per heavy atom. The van der Waals surface area contributed by atoms with Crippen molar-refractivity contribution in [3.63, 3.8) is 0 Å². The second-order valence-electron chi connectivity index (χ2n) is 3.45. The van der Waals surface area contributed by atoms with Crippen molar-refractivity contribution in [3.8, 4) is 11.5 Å². The maximum atomic E-state index is 11.5. The number of rotatable bonds is 5. The Balaban J connectivity index is 2.52. The SMILES string of the molecule is O=C(O)CCCNC(=O)c1cc(O)ccc1O. The van der Waals surface area contributed by atoms with E-state index in [9.17, 15) is 14.7 Å². The number of carbonyl (C=O) groups is 2. The molecule has 92 valence electrons. The molecular formula is C11H13NO5. The molecule has 0 heterocycles. The van der Waals surface area contributed by atoms with Crippen LogP contribution in [0.3, 0.4) is 0 Å². The van der Waals surface area contributed by atoms with Gasteiger partial charge in [-0.3, -0.25) is 9.59 Å². The highest BCUT2D eigenvalue weighted by Gasteiger charge is 2.11. The summed E-state index contributed by atoms with van der Waals surface area (Å²) >= 11 is 0. The number of phenols is 2. The standard InChI is InChI=1S/C11H13NO5/c13-7-3-4-9(14)8(6-7)11(17)12-5-1-2-10(15)16/h3-4,6,13-14H,1-2,5H2,(H,12,17)(H,15,16). The van der Waals surface area contributed by atoms with Crippen molar-refractivity contribution < 1.29 is 24.9 Å². The van der Waals surface area contributed by atoms with Crippen molar-refractivity contribution in [2.75, 3.05) is 6.54 Å². The van der Waals surface area contributed by atoms with Crippen LogP contribution in [0.25, 0.3) is 0 Å². The van der Waals surface area contributed by atoms with E-state index < -0.39 is 11.9 Å². The lowest BCUT2D eigenvalue weighted by Gasteiger charge is -2.06. The Morgan fingerprint density at radius 1 is 1.24 bits per heavy atom. The van der Waals surface area contributed by atoms with Crippen LogP contribution in [0, 0.1) is 0 Å². The van der Waals surface area contributed by atoms with Gasteiger partial charge in [-0.1, -0.05) is 0 Å². The average Bonchev–Trinajstić information content (AvgIpc) is 2.27. The zero-order valence-corrected chi connectivity index (χ0v) is 9.01. The van der Waals surface area contributed by atoms with Crippen LogP contribution in [0.4, 0.5) is 0 Å². The van der Waals surface area contributed by atoms with Crippen molar-refractivity contribution in [1.82, 2.24) is 5.32 Å². The van der Waals surface area contributed by atoms with E-state index in [4.69, 9.17) is 10.2 Å². The highest BCUT2D eigenvalue weighted by Crippen LogP contribution is 2.21. The van der Waals surface area contributed by atoms with Crippen molar-refractivity contribution in [1.29, 1.82) is 0 Å². The van der Waals surface area contributed by atoms with Crippen LogP contribution < -0.4 is 5.32 Å². The van der Waals surface area contributed by atoms with Gasteiger partial charge in [-0.2, -0.15) is 0 Å². The predicted octanol–water partition coefficient (Wildman–Crippen LogP) is 0.692. The minimum Gasteiger partial charge on any atom is -0.508 e. The van der Waals surface area contributed by atoms with Crippen LogP contribution in [0.5, 0.6) is 11.5 Å². The second-order valence-corrected chi connectivity index (χ2v) is 3.45. The monoisotopic (exact) mass is 239 g/mol. The molecule has 0 aliphatic carbocycles. The van der Waals surface area contributed by atoms with Crippen molar-refractivity contribution in [3.05, 3.63) is 23.8 Å². The van der Waals surface area contributed by atoms with E-state index in [1.807, 2.05) is 0 Å². The first kappa shape index (κ1) is 12.8. The van der Waals surface area contributed by atoms with Gasteiger partial charge in [0.05, 0.1) is 5.56 Å². The summed E-state index contributed by atoms with van der Waals surface area (Å²) in [6.07, 6.45) is 0.271. The fourth-order valence-electron chi connectivity index (χ4n) is 1.24. The molecule has 0 atom stereocenters. The summed E-state index contributed by atoms with van der Waals surface area (Å²) in [5.41, 5.74) is -0.0414. The van der Waals surface area contributed by atoms with Gasteiger partial charge in [-0.25, -0.2) is 0 Å². The predicted molar refractivity (Wildman–Crippen MR) is 59.0 cm³/mol. The molecule has 0 aliphatic rings. The van der Waals surface area contributed by atoms with Gasteiger partial charge in [0.25, 0.3) is 5.91 Å². The quantitative estimate of drug-likeness (QED) is 0.447. The molecule has 0 radical (unpaired) electrons. The molecule has 0 aromatic heterocycles. The number of carboxylic acid groups (broad SMARTS) is 1. The molecule has 0 aliphatic heterocycles. The molecule has 17 heavy (non-hydrogen) atoms. The van der Waals surface area contributed by atoms with E-state index in [-0.39, 0.29) is 30.0 Å². The van der Waals surface area contributed by atoms with Crippen LogP contribution in [-0.2, 0) is 4.79 Å². The molecule has 0 spiro atoms. The van der Waals surface area contributed by atoms with E-state index in [0.717, 1.165) is 6.07 Å². The summed E-state index contributed by atoms with van der Waals surface area (Å²) < 4.78 is 0. The largest absolute Gasteiger partial charge is 0.508 e. The number of amides is 1. The molecule has 1 amide bonds. The molecule has 1 rings (SSSR count). The number of benzene rings is 1. The summed E-state index contributed by atoms with van der Waals surface area (Å²) in [4.78, 5) is 21.8. The maximum Gasteiger partial charge on any atom is 0.303 e. The van der Waals surface area contributed by atoms with Gasteiger partial charge in [0.15, 0.2) is 0 Å². The van der Waals surface area contributed by atoms with E-state index in [0.29, 0.717) is 6.42 Å². The first-order chi connectivity index (χ1) is 8.00. The van der Waals surface area contributed by atoms with Crippen LogP contribution in [0.1, 0.15) is 23.2 Å². The van der Waals surface area contributed by atoms with E-state index in [1.54, 1.807) is 0 Å². The van der Waals surface area contributed by atoms with Crippen molar-refractivity contribution >= 4 is 11.9 Å². The number of hydrogen-bond acceptors (Lipinski definition) is 4. The van der Waals surface area contributed by atoms with Gasteiger partial charge in [0.1, 0.15) is 11.5 Å². The van der Waals surface area contributed by atoms with Crippen LogP contribution in [0.2, 0.25) is 0 Å². The molecule has 1 aromatic carbocycles. The summed E-state index contributed by atoms with van der Waals surface area (Å²) in [5.74, 6) is -1.85. The first-order valence-corrected chi connectivity index (χ1v) is 5.02. The second kappa shape index (κ2) is 5.74. The lowest BCUT2D eigenvalue weighted by molar-refractivity contribution is -0.137. The maximum absolute atomic E-state index is 11.5. The normalized spacial score (nSPS) is 9.88. The fourth-order valence-corrected chi connectivity index (χ4v) is 1.24. The average molecular weight is 239 g/mol. The smallest absolute Gasteiger partial charge is 0.303 e. The molecule has 6 heteroatoms. The number of aliphatic carboxylic acids is 1. The summed E-state index contributed by atoms with van der Waals surface area (Å²) in [5, 5.41) is 29.4. The topological polar surface area (TPSA) is 107 Å². The van der Waals surface area contributed by atoms with Crippen LogP contribution >= 0.6 is 0 Å². The van der Waals surface area contributed by atoms with Crippen molar-refractivity contribution in [2.24, 2.45) is 0 Å². The summed E-state index contributed by atoms with van der Waals surface area (Å²) in [6.45, 7) is 0.195. The number of hydrogen-bond donors (Lipinski definition) is 4. The zero-order valence-electron chi connectivity index (χ0n) is 9.01. The number of nitrogens with one attached hydrogen (secondary N) is 1. The summed E-state index contributed by atoms with van der Waals surface area (Å²) in [6, 6.07) is 3.61. The van der Waals surface area contributed by atoms with Gasteiger partial charge >= 0.3 is 5.97 Å².